The number of hydrogen-bond donors (Lipinski definition) is 1. The van der Waals surface area contributed by atoms with E-state index in [4.69, 9.17) is 16.0 Å². The fraction of sp³-hybridized carbons (Fsp3) is 0.176. The van der Waals surface area contributed by atoms with Crippen LogP contribution in [0, 0.1) is 6.92 Å². The highest BCUT2D eigenvalue weighted by atomic mass is 35.5. The number of nitrogens with zero attached hydrogens (tertiary/aromatic N) is 1. The Morgan fingerprint density at radius 3 is 2.83 bits per heavy atom. The van der Waals surface area contributed by atoms with E-state index in [1.54, 1.807) is 18.7 Å². The quantitative estimate of drug-likeness (QED) is 0.667. The Bertz CT molecular complexity index is 830. The number of amides is 1. The van der Waals surface area contributed by atoms with Crippen molar-refractivity contribution in [1.29, 1.82) is 0 Å². The Morgan fingerprint density at radius 1 is 1.26 bits per heavy atom. The molecule has 0 spiro atoms. The van der Waals surface area contributed by atoms with Gasteiger partial charge in [-0.3, -0.25) is 4.79 Å². The summed E-state index contributed by atoms with van der Waals surface area (Å²) in [5.74, 6) is 1.30. The van der Waals surface area contributed by atoms with E-state index in [2.05, 4.69) is 10.3 Å². The molecule has 0 saturated heterocycles. The number of halogens is 1. The van der Waals surface area contributed by atoms with Crippen LogP contribution in [0.4, 0.5) is 5.69 Å². The summed E-state index contributed by atoms with van der Waals surface area (Å²) in [4.78, 5) is 17.4. The van der Waals surface area contributed by atoms with Crippen molar-refractivity contribution in [3.8, 4) is 0 Å². The summed E-state index contributed by atoms with van der Waals surface area (Å²) in [6.45, 7) is 1.80. The van der Waals surface area contributed by atoms with E-state index in [9.17, 15) is 4.79 Å². The summed E-state index contributed by atoms with van der Waals surface area (Å²) in [6, 6.07) is 13.0. The lowest BCUT2D eigenvalue weighted by Gasteiger charge is -2.05. The number of anilines is 1. The molecule has 0 bridgehead atoms. The van der Waals surface area contributed by atoms with Crippen LogP contribution in [0.15, 0.2) is 51.8 Å². The van der Waals surface area contributed by atoms with Gasteiger partial charge in [0, 0.05) is 34.7 Å². The van der Waals surface area contributed by atoms with E-state index < -0.39 is 0 Å². The first-order chi connectivity index (χ1) is 11.1. The zero-order valence-corrected chi connectivity index (χ0v) is 14.1. The first kappa shape index (κ1) is 15.9. The molecule has 0 radical (unpaired) electrons. The predicted molar refractivity (Wildman–Crippen MR) is 94.2 cm³/mol. The van der Waals surface area contributed by atoms with E-state index in [0.717, 1.165) is 21.7 Å². The van der Waals surface area contributed by atoms with E-state index in [-0.39, 0.29) is 5.91 Å². The minimum Gasteiger partial charge on any atom is -0.441 e. The first-order valence-electron chi connectivity index (χ1n) is 7.15. The third-order valence-corrected chi connectivity index (χ3v) is 4.46. The number of nitrogens with one attached hydrogen (secondary N) is 1. The number of fused-ring (bicyclic) bond motifs is 1. The molecule has 4 nitrogen and oxygen atoms in total. The lowest BCUT2D eigenvalue weighted by Crippen LogP contribution is -2.12. The minimum absolute atomic E-state index is 0.0222. The van der Waals surface area contributed by atoms with E-state index in [0.29, 0.717) is 23.1 Å². The highest BCUT2D eigenvalue weighted by molar-refractivity contribution is 7.99. The molecule has 3 rings (SSSR count). The van der Waals surface area contributed by atoms with Crippen molar-refractivity contribution >= 4 is 46.1 Å². The van der Waals surface area contributed by atoms with Crippen molar-refractivity contribution in [2.45, 2.75) is 18.2 Å². The van der Waals surface area contributed by atoms with Gasteiger partial charge in [-0.05, 0) is 42.5 Å². The third kappa shape index (κ3) is 4.27. The molecule has 1 N–H and O–H groups in total. The van der Waals surface area contributed by atoms with Gasteiger partial charge in [0.15, 0.2) is 11.5 Å². The maximum Gasteiger partial charge on any atom is 0.225 e. The Hall–Kier alpha value is -1.98. The van der Waals surface area contributed by atoms with Crippen LogP contribution in [0.2, 0.25) is 5.02 Å². The lowest BCUT2D eigenvalue weighted by molar-refractivity contribution is -0.115. The maximum atomic E-state index is 12.0. The second-order valence-electron chi connectivity index (χ2n) is 5.02. The van der Waals surface area contributed by atoms with Gasteiger partial charge in [0.25, 0.3) is 0 Å². The van der Waals surface area contributed by atoms with Gasteiger partial charge in [-0.1, -0.05) is 11.6 Å². The second kappa shape index (κ2) is 7.06. The summed E-state index contributed by atoms with van der Waals surface area (Å²) in [5, 5.41) is 3.60. The standard InChI is InChI=1S/C17H15ClN2O2S/c1-11-19-15-10-13(4-7-16(15)22-11)20-17(21)8-9-23-14-5-2-12(18)3-6-14/h2-7,10H,8-9H2,1H3,(H,20,21). The number of aryl methyl sites for hydroxylation is 1. The van der Waals surface area contributed by atoms with Gasteiger partial charge in [0.1, 0.15) is 5.52 Å². The van der Waals surface area contributed by atoms with Crippen LogP contribution >= 0.6 is 23.4 Å². The van der Waals surface area contributed by atoms with E-state index in [1.807, 2.05) is 42.5 Å². The Morgan fingerprint density at radius 2 is 2.04 bits per heavy atom. The topological polar surface area (TPSA) is 55.1 Å². The normalized spacial score (nSPS) is 10.9. The van der Waals surface area contributed by atoms with Crippen LogP contribution in [0.5, 0.6) is 0 Å². The maximum absolute atomic E-state index is 12.0. The van der Waals surface area contributed by atoms with Crippen molar-refractivity contribution in [3.63, 3.8) is 0 Å². The van der Waals surface area contributed by atoms with Crippen LogP contribution in [0.1, 0.15) is 12.3 Å². The number of carbonyl (C=O) groups is 1. The number of oxazole rings is 1. The molecule has 3 aromatic rings. The minimum atomic E-state index is -0.0222. The Kier molecular flexibility index (Phi) is 4.88. The summed E-state index contributed by atoms with van der Waals surface area (Å²) in [7, 11) is 0. The summed E-state index contributed by atoms with van der Waals surface area (Å²) >= 11 is 7.47. The van der Waals surface area contributed by atoms with Crippen molar-refractivity contribution in [2.75, 3.05) is 11.1 Å². The molecule has 2 aromatic carbocycles. The molecule has 23 heavy (non-hydrogen) atoms. The van der Waals surface area contributed by atoms with Crippen LogP contribution in [0.3, 0.4) is 0 Å². The van der Waals surface area contributed by atoms with Crippen LogP contribution < -0.4 is 5.32 Å². The van der Waals surface area contributed by atoms with Gasteiger partial charge >= 0.3 is 0 Å². The molecule has 6 heteroatoms. The van der Waals surface area contributed by atoms with Gasteiger partial charge in [-0.15, -0.1) is 11.8 Å². The van der Waals surface area contributed by atoms with Crippen LogP contribution in [-0.4, -0.2) is 16.6 Å². The van der Waals surface area contributed by atoms with Gasteiger partial charge in [-0.2, -0.15) is 0 Å². The Balaban J connectivity index is 1.52. The second-order valence-corrected chi connectivity index (χ2v) is 6.62. The summed E-state index contributed by atoms with van der Waals surface area (Å²) in [6.07, 6.45) is 0.434. The molecule has 0 fully saturated rings. The van der Waals surface area contributed by atoms with Crippen molar-refractivity contribution < 1.29 is 9.21 Å². The molecule has 0 unspecified atom stereocenters. The fourth-order valence-electron chi connectivity index (χ4n) is 2.14. The van der Waals surface area contributed by atoms with Crippen LogP contribution in [-0.2, 0) is 4.79 Å². The predicted octanol–water partition coefficient (Wildman–Crippen LogP) is 4.91. The molecule has 0 aliphatic heterocycles. The first-order valence-corrected chi connectivity index (χ1v) is 8.52. The lowest BCUT2D eigenvalue weighted by atomic mass is 10.3. The van der Waals surface area contributed by atoms with Gasteiger partial charge in [0.05, 0.1) is 0 Å². The number of rotatable bonds is 5. The summed E-state index contributed by atoms with van der Waals surface area (Å²) < 4.78 is 5.41. The highest BCUT2D eigenvalue weighted by Crippen LogP contribution is 2.22. The molecule has 1 heterocycles. The van der Waals surface area contributed by atoms with Crippen molar-refractivity contribution in [2.24, 2.45) is 0 Å². The number of aromatic nitrogens is 1. The number of carbonyl (C=O) groups excluding carboxylic acids is 1. The number of benzene rings is 2. The van der Waals surface area contributed by atoms with Gasteiger partial charge in [0.2, 0.25) is 5.91 Å². The zero-order chi connectivity index (χ0) is 16.2. The third-order valence-electron chi connectivity index (χ3n) is 3.19. The number of hydrogen-bond acceptors (Lipinski definition) is 4. The zero-order valence-electron chi connectivity index (χ0n) is 12.5. The molecular weight excluding hydrogens is 332 g/mol. The molecule has 0 aliphatic carbocycles. The molecule has 1 amide bonds. The SMILES string of the molecule is Cc1nc2cc(NC(=O)CCSc3ccc(Cl)cc3)ccc2o1. The largest absolute Gasteiger partial charge is 0.441 e. The summed E-state index contributed by atoms with van der Waals surface area (Å²) in [5.41, 5.74) is 2.20. The van der Waals surface area contributed by atoms with E-state index >= 15 is 0 Å². The average molecular weight is 347 g/mol. The van der Waals surface area contributed by atoms with Crippen molar-refractivity contribution in [1.82, 2.24) is 4.98 Å². The van der Waals surface area contributed by atoms with Gasteiger partial charge < -0.3 is 9.73 Å². The van der Waals surface area contributed by atoms with Gasteiger partial charge in [-0.25, -0.2) is 4.98 Å². The monoisotopic (exact) mass is 346 g/mol. The smallest absolute Gasteiger partial charge is 0.225 e. The average Bonchev–Trinajstić information content (AvgIpc) is 2.88. The molecular formula is C17H15ClN2O2S. The molecule has 118 valence electrons. The molecule has 0 saturated carbocycles. The van der Waals surface area contributed by atoms with Crippen molar-refractivity contribution in [3.05, 3.63) is 53.4 Å². The number of thioether (sulfide) groups is 1. The van der Waals surface area contributed by atoms with Crippen LogP contribution in [0.25, 0.3) is 11.1 Å². The fourth-order valence-corrected chi connectivity index (χ4v) is 3.11. The molecule has 1 aromatic heterocycles. The Labute approximate surface area is 143 Å². The highest BCUT2D eigenvalue weighted by Gasteiger charge is 2.06. The van der Waals surface area contributed by atoms with E-state index in [1.165, 1.54) is 0 Å². The molecule has 0 aliphatic rings. The molecule has 0 atom stereocenters.